The molecule has 0 fully saturated rings. The summed E-state index contributed by atoms with van der Waals surface area (Å²) in [5.41, 5.74) is 0.482. The van der Waals surface area contributed by atoms with Crippen LogP contribution in [0.2, 0.25) is 5.02 Å². The van der Waals surface area contributed by atoms with Crippen molar-refractivity contribution in [2.75, 3.05) is 19.6 Å². The fourth-order valence-electron chi connectivity index (χ4n) is 1.95. The lowest BCUT2D eigenvalue weighted by molar-refractivity contribution is -0.120. The highest BCUT2D eigenvalue weighted by Gasteiger charge is 2.07. The summed E-state index contributed by atoms with van der Waals surface area (Å²) in [5, 5.41) is 10.8. The number of carbonyl (C=O) groups is 3. The van der Waals surface area contributed by atoms with Gasteiger partial charge in [0.15, 0.2) is 0 Å². The molecule has 0 radical (unpaired) electrons. The third kappa shape index (κ3) is 6.86. The van der Waals surface area contributed by atoms with E-state index in [9.17, 15) is 14.4 Å². The summed E-state index contributed by atoms with van der Waals surface area (Å²) in [5.74, 6) is -0.00809. The van der Waals surface area contributed by atoms with Crippen molar-refractivity contribution >= 4 is 29.4 Å². The lowest BCUT2D eigenvalue weighted by Gasteiger charge is -2.09. The lowest BCUT2D eigenvalue weighted by Crippen LogP contribution is -2.43. The molecule has 0 saturated carbocycles. The maximum atomic E-state index is 11.8. The number of furan rings is 1. The topological polar surface area (TPSA) is 112 Å². The van der Waals surface area contributed by atoms with Gasteiger partial charge in [0.2, 0.25) is 5.91 Å². The zero-order chi connectivity index (χ0) is 18.8. The van der Waals surface area contributed by atoms with E-state index in [0.717, 1.165) is 0 Å². The number of halogens is 1. The molecule has 2 rings (SSSR count). The molecule has 0 atom stereocenters. The summed E-state index contributed by atoms with van der Waals surface area (Å²) in [4.78, 5) is 35.0. The SMILES string of the molecule is O=C(CNC(=O)NCc1ccco1)NCCNC(=O)c1ccc(Cl)cc1. The molecule has 9 heteroatoms. The van der Waals surface area contributed by atoms with E-state index >= 15 is 0 Å². The van der Waals surface area contributed by atoms with Crippen LogP contribution in [0.5, 0.6) is 0 Å². The Morgan fingerprint density at radius 2 is 1.65 bits per heavy atom. The summed E-state index contributed by atoms with van der Waals surface area (Å²) < 4.78 is 5.07. The Morgan fingerprint density at radius 3 is 2.35 bits per heavy atom. The molecular formula is C17H19ClN4O4. The molecule has 4 amide bonds. The molecule has 0 unspecified atom stereocenters. The first-order valence-electron chi connectivity index (χ1n) is 7.89. The maximum Gasteiger partial charge on any atom is 0.315 e. The molecule has 1 aromatic carbocycles. The number of benzene rings is 1. The molecule has 0 spiro atoms. The van der Waals surface area contributed by atoms with Crippen LogP contribution in [0.25, 0.3) is 0 Å². The molecule has 1 aromatic heterocycles. The fourth-order valence-corrected chi connectivity index (χ4v) is 2.07. The van der Waals surface area contributed by atoms with Gasteiger partial charge in [0.05, 0.1) is 19.4 Å². The molecule has 0 aliphatic rings. The van der Waals surface area contributed by atoms with Gasteiger partial charge in [-0.05, 0) is 36.4 Å². The van der Waals surface area contributed by atoms with Crippen LogP contribution in [-0.2, 0) is 11.3 Å². The predicted molar refractivity (Wildman–Crippen MR) is 95.7 cm³/mol. The van der Waals surface area contributed by atoms with Crippen LogP contribution < -0.4 is 21.3 Å². The molecule has 8 nitrogen and oxygen atoms in total. The van der Waals surface area contributed by atoms with Gasteiger partial charge in [0.25, 0.3) is 5.91 Å². The summed E-state index contributed by atoms with van der Waals surface area (Å²) in [6.07, 6.45) is 1.51. The van der Waals surface area contributed by atoms with Gasteiger partial charge < -0.3 is 25.7 Å². The predicted octanol–water partition coefficient (Wildman–Crippen LogP) is 1.28. The van der Waals surface area contributed by atoms with E-state index in [-0.39, 0.29) is 38.0 Å². The van der Waals surface area contributed by atoms with Crippen molar-refractivity contribution in [3.63, 3.8) is 0 Å². The van der Waals surface area contributed by atoms with Gasteiger partial charge in [-0.1, -0.05) is 11.6 Å². The Kier molecular flexibility index (Phi) is 7.50. The first-order chi connectivity index (χ1) is 12.5. The second-order valence-electron chi connectivity index (χ2n) is 5.23. The third-order valence-electron chi connectivity index (χ3n) is 3.25. The Hall–Kier alpha value is -3.00. The van der Waals surface area contributed by atoms with E-state index in [0.29, 0.717) is 16.3 Å². The summed E-state index contributed by atoms with van der Waals surface area (Å²) in [7, 11) is 0. The average molecular weight is 379 g/mol. The van der Waals surface area contributed by atoms with Crippen molar-refractivity contribution in [1.29, 1.82) is 0 Å². The Balaban J connectivity index is 1.55. The number of rotatable bonds is 8. The van der Waals surface area contributed by atoms with E-state index in [4.69, 9.17) is 16.0 Å². The van der Waals surface area contributed by atoms with Crippen molar-refractivity contribution in [3.8, 4) is 0 Å². The monoisotopic (exact) mass is 378 g/mol. The molecule has 0 saturated heterocycles. The highest BCUT2D eigenvalue weighted by atomic mass is 35.5. The Labute approximate surface area is 155 Å². The van der Waals surface area contributed by atoms with Crippen LogP contribution in [0.3, 0.4) is 0 Å². The van der Waals surface area contributed by atoms with Gasteiger partial charge in [0.1, 0.15) is 5.76 Å². The summed E-state index contributed by atoms with van der Waals surface area (Å²) in [6.45, 7) is 0.568. The van der Waals surface area contributed by atoms with E-state index in [1.54, 1.807) is 36.4 Å². The average Bonchev–Trinajstić information content (AvgIpc) is 3.16. The van der Waals surface area contributed by atoms with Gasteiger partial charge in [0, 0.05) is 23.7 Å². The Morgan fingerprint density at radius 1 is 0.923 bits per heavy atom. The normalized spacial score (nSPS) is 10.0. The van der Waals surface area contributed by atoms with Gasteiger partial charge in [-0.25, -0.2) is 4.79 Å². The van der Waals surface area contributed by atoms with Crippen molar-refractivity contribution in [2.45, 2.75) is 6.54 Å². The van der Waals surface area contributed by atoms with Crippen LogP contribution >= 0.6 is 11.6 Å². The van der Waals surface area contributed by atoms with E-state index in [1.807, 2.05) is 0 Å². The quantitative estimate of drug-likeness (QED) is 0.518. The zero-order valence-corrected chi connectivity index (χ0v) is 14.6. The first-order valence-corrected chi connectivity index (χ1v) is 8.27. The minimum Gasteiger partial charge on any atom is -0.467 e. The number of carbonyl (C=O) groups excluding carboxylic acids is 3. The lowest BCUT2D eigenvalue weighted by atomic mass is 10.2. The van der Waals surface area contributed by atoms with Gasteiger partial charge >= 0.3 is 6.03 Å². The maximum absolute atomic E-state index is 11.8. The number of hydrogen-bond donors (Lipinski definition) is 4. The first kappa shape index (κ1) is 19.3. The highest BCUT2D eigenvalue weighted by Crippen LogP contribution is 2.09. The second-order valence-corrected chi connectivity index (χ2v) is 5.66. The highest BCUT2D eigenvalue weighted by molar-refractivity contribution is 6.30. The van der Waals surface area contributed by atoms with E-state index < -0.39 is 6.03 Å². The van der Waals surface area contributed by atoms with Gasteiger partial charge in [-0.3, -0.25) is 9.59 Å². The molecule has 0 bridgehead atoms. The minimum atomic E-state index is -0.479. The molecule has 138 valence electrons. The smallest absolute Gasteiger partial charge is 0.315 e. The number of hydrogen-bond acceptors (Lipinski definition) is 4. The van der Waals surface area contributed by atoms with E-state index in [2.05, 4.69) is 21.3 Å². The molecule has 0 aliphatic heterocycles. The summed E-state index contributed by atoms with van der Waals surface area (Å²) >= 11 is 5.76. The minimum absolute atomic E-state index is 0.172. The molecule has 1 heterocycles. The van der Waals surface area contributed by atoms with Crippen molar-refractivity contribution < 1.29 is 18.8 Å². The standard InChI is InChI=1S/C17H19ClN4O4/c18-13-5-3-12(4-6-13)16(24)20-8-7-19-15(23)11-22-17(25)21-10-14-2-1-9-26-14/h1-6,9H,7-8,10-11H2,(H,19,23)(H,20,24)(H2,21,22,25). The second kappa shape index (κ2) is 10.1. The number of nitrogens with one attached hydrogen (secondary N) is 4. The fraction of sp³-hybridized carbons (Fsp3) is 0.235. The van der Waals surface area contributed by atoms with Crippen LogP contribution in [0.1, 0.15) is 16.1 Å². The molecule has 26 heavy (non-hydrogen) atoms. The Bertz CT molecular complexity index is 732. The van der Waals surface area contributed by atoms with Gasteiger partial charge in [-0.15, -0.1) is 0 Å². The number of amides is 4. The van der Waals surface area contributed by atoms with Crippen LogP contribution in [0.15, 0.2) is 47.1 Å². The largest absolute Gasteiger partial charge is 0.467 e. The molecule has 0 aliphatic carbocycles. The van der Waals surface area contributed by atoms with E-state index in [1.165, 1.54) is 6.26 Å². The van der Waals surface area contributed by atoms with Crippen molar-refractivity contribution in [3.05, 3.63) is 59.0 Å². The van der Waals surface area contributed by atoms with Crippen LogP contribution in [0.4, 0.5) is 4.79 Å². The zero-order valence-electron chi connectivity index (χ0n) is 13.9. The molecule has 4 N–H and O–H groups in total. The van der Waals surface area contributed by atoms with Crippen LogP contribution in [0, 0.1) is 0 Å². The van der Waals surface area contributed by atoms with Crippen molar-refractivity contribution in [1.82, 2.24) is 21.3 Å². The number of urea groups is 1. The molecular weight excluding hydrogens is 360 g/mol. The van der Waals surface area contributed by atoms with Gasteiger partial charge in [-0.2, -0.15) is 0 Å². The summed E-state index contributed by atoms with van der Waals surface area (Å²) in [6, 6.07) is 9.44. The molecule has 2 aromatic rings. The van der Waals surface area contributed by atoms with Crippen molar-refractivity contribution in [2.24, 2.45) is 0 Å². The third-order valence-corrected chi connectivity index (χ3v) is 3.50. The van der Waals surface area contributed by atoms with Crippen LogP contribution in [-0.4, -0.2) is 37.5 Å².